The maximum Gasteiger partial charge on any atom is 0.387 e. The van der Waals surface area contributed by atoms with Crippen molar-refractivity contribution in [2.45, 2.75) is 38.3 Å². The molecule has 1 saturated carbocycles. The van der Waals surface area contributed by atoms with Crippen LogP contribution in [0.25, 0.3) is 0 Å². The fraction of sp³-hybridized carbons (Fsp3) is 0.350. The van der Waals surface area contributed by atoms with E-state index in [9.17, 15) is 23.7 Å². The van der Waals surface area contributed by atoms with Crippen molar-refractivity contribution in [2.24, 2.45) is 0 Å². The number of nitrogens with zero attached hydrogens (tertiary/aromatic N) is 2. The van der Waals surface area contributed by atoms with E-state index in [1.807, 2.05) is 0 Å². The molecule has 1 aliphatic heterocycles. The molecule has 0 bridgehead atoms. The summed E-state index contributed by atoms with van der Waals surface area (Å²) in [6, 6.07) is 9.25. The Balaban J connectivity index is 1.69. The Hall–Kier alpha value is -3.23. The van der Waals surface area contributed by atoms with Gasteiger partial charge in [-0.15, -0.1) is 0 Å². The zero-order valence-electron chi connectivity index (χ0n) is 15.4. The lowest BCUT2D eigenvalue weighted by Gasteiger charge is -2.31. The Morgan fingerprint density at radius 2 is 2.07 bits per heavy atom. The van der Waals surface area contributed by atoms with E-state index in [-0.39, 0.29) is 23.0 Å². The number of nitro groups is 1. The van der Waals surface area contributed by atoms with Gasteiger partial charge in [-0.1, -0.05) is 12.1 Å². The number of ether oxygens (including phenoxy) is 1. The molecular weight excluding hydrogens is 384 g/mol. The number of aryl methyl sites for hydroxylation is 1. The summed E-state index contributed by atoms with van der Waals surface area (Å²) in [7, 11) is 0. The summed E-state index contributed by atoms with van der Waals surface area (Å²) in [4.78, 5) is 25.5. The first-order valence-electron chi connectivity index (χ1n) is 9.37. The van der Waals surface area contributed by atoms with E-state index in [4.69, 9.17) is 0 Å². The number of anilines is 2. The summed E-state index contributed by atoms with van der Waals surface area (Å²) >= 11 is 0. The molecule has 0 unspecified atom stereocenters. The van der Waals surface area contributed by atoms with E-state index in [0.29, 0.717) is 30.8 Å². The molecule has 1 fully saturated rings. The molecule has 2 aliphatic rings. The summed E-state index contributed by atoms with van der Waals surface area (Å²) in [6.07, 6.45) is 3.19. The number of carbonyl (C=O) groups is 1. The van der Waals surface area contributed by atoms with Crippen LogP contribution in [0.5, 0.6) is 5.75 Å². The third-order valence-corrected chi connectivity index (χ3v) is 5.02. The van der Waals surface area contributed by atoms with E-state index < -0.39 is 17.4 Å². The Kier molecular flexibility index (Phi) is 5.04. The van der Waals surface area contributed by atoms with Gasteiger partial charge in [0.1, 0.15) is 11.4 Å². The normalized spacial score (nSPS) is 15.8. The Labute approximate surface area is 165 Å². The van der Waals surface area contributed by atoms with Crippen LogP contribution in [0.1, 0.15) is 35.2 Å². The molecule has 7 nitrogen and oxygen atoms in total. The second kappa shape index (κ2) is 7.65. The van der Waals surface area contributed by atoms with Gasteiger partial charge in [0.25, 0.3) is 11.6 Å². The average molecular weight is 403 g/mol. The number of halogens is 2. The second-order valence-corrected chi connectivity index (χ2v) is 7.11. The van der Waals surface area contributed by atoms with Crippen molar-refractivity contribution < 1.29 is 23.2 Å². The molecule has 0 radical (unpaired) electrons. The maximum atomic E-state index is 13.2. The van der Waals surface area contributed by atoms with Crippen LogP contribution in [0.15, 0.2) is 36.4 Å². The van der Waals surface area contributed by atoms with Gasteiger partial charge in [0, 0.05) is 24.2 Å². The van der Waals surface area contributed by atoms with E-state index in [1.54, 1.807) is 12.1 Å². The van der Waals surface area contributed by atoms with Gasteiger partial charge >= 0.3 is 6.61 Å². The van der Waals surface area contributed by atoms with Crippen LogP contribution in [-0.2, 0) is 6.42 Å². The predicted octanol–water partition coefficient (Wildman–Crippen LogP) is 4.36. The molecule has 4 rings (SSSR count). The molecule has 2 aromatic carbocycles. The highest BCUT2D eigenvalue weighted by Gasteiger charge is 2.30. The van der Waals surface area contributed by atoms with E-state index in [0.717, 1.165) is 18.4 Å². The molecule has 1 N–H and O–H groups in total. The van der Waals surface area contributed by atoms with E-state index in [1.165, 1.54) is 29.2 Å². The van der Waals surface area contributed by atoms with Gasteiger partial charge in [-0.3, -0.25) is 14.9 Å². The minimum absolute atomic E-state index is 0.0768. The van der Waals surface area contributed by atoms with Crippen LogP contribution in [0.4, 0.5) is 25.8 Å². The molecule has 29 heavy (non-hydrogen) atoms. The Morgan fingerprint density at radius 1 is 1.28 bits per heavy atom. The third kappa shape index (κ3) is 3.98. The fourth-order valence-electron chi connectivity index (χ4n) is 3.55. The number of amides is 1. The van der Waals surface area contributed by atoms with Gasteiger partial charge in [0.2, 0.25) is 0 Å². The van der Waals surface area contributed by atoms with Crippen LogP contribution in [0.2, 0.25) is 0 Å². The van der Waals surface area contributed by atoms with Crippen molar-refractivity contribution in [3.05, 3.63) is 57.6 Å². The highest BCUT2D eigenvalue weighted by molar-refractivity contribution is 6.08. The van der Waals surface area contributed by atoms with Gasteiger partial charge in [0.15, 0.2) is 0 Å². The van der Waals surface area contributed by atoms with Gasteiger partial charge in [-0.2, -0.15) is 8.78 Å². The van der Waals surface area contributed by atoms with Crippen molar-refractivity contribution in [1.29, 1.82) is 0 Å². The lowest BCUT2D eigenvalue weighted by Crippen LogP contribution is -2.36. The van der Waals surface area contributed by atoms with Crippen molar-refractivity contribution in [3.8, 4) is 5.75 Å². The molecule has 1 heterocycles. The molecule has 0 saturated heterocycles. The fourth-order valence-corrected chi connectivity index (χ4v) is 3.55. The smallest absolute Gasteiger partial charge is 0.387 e. The van der Waals surface area contributed by atoms with E-state index >= 15 is 0 Å². The zero-order chi connectivity index (χ0) is 20.5. The number of nitro benzene ring substituents is 1. The van der Waals surface area contributed by atoms with Gasteiger partial charge in [-0.05, 0) is 49.4 Å². The van der Waals surface area contributed by atoms with Crippen LogP contribution in [0.3, 0.4) is 0 Å². The maximum absolute atomic E-state index is 13.2. The number of para-hydroxylation sites is 1. The summed E-state index contributed by atoms with van der Waals surface area (Å²) < 4.78 is 30.3. The SMILES string of the molecule is O=C(c1ccc(NC2CC2)c([N+](=O)[O-])c1)N1CCCc2cccc(OC(F)F)c21. The van der Waals surface area contributed by atoms with E-state index in [2.05, 4.69) is 10.1 Å². The van der Waals surface area contributed by atoms with Crippen molar-refractivity contribution >= 4 is 23.0 Å². The van der Waals surface area contributed by atoms with Gasteiger partial charge < -0.3 is 15.0 Å². The molecule has 2 aromatic rings. The molecule has 0 atom stereocenters. The van der Waals surface area contributed by atoms with Crippen LogP contribution >= 0.6 is 0 Å². The molecule has 152 valence electrons. The largest absolute Gasteiger partial charge is 0.433 e. The Bertz CT molecular complexity index is 963. The number of benzene rings is 2. The van der Waals surface area contributed by atoms with Crippen molar-refractivity contribution in [3.63, 3.8) is 0 Å². The second-order valence-electron chi connectivity index (χ2n) is 7.11. The summed E-state index contributed by atoms with van der Waals surface area (Å²) in [6.45, 7) is -2.71. The number of fused-ring (bicyclic) bond motifs is 1. The van der Waals surface area contributed by atoms with Crippen LogP contribution < -0.4 is 15.0 Å². The lowest BCUT2D eigenvalue weighted by atomic mass is 9.99. The lowest BCUT2D eigenvalue weighted by molar-refractivity contribution is -0.384. The Morgan fingerprint density at radius 3 is 2.76 bits per heavy atom. The van der Waals surface area contributed by atoms with Crippen LogP contribution in [0, 0.1) is 10.1 Å². The minimum Gasteiger partial charge on any atom is -0.433 e. The quantitative estimate of drug-likeness (QED) is 0.572. The van der Waals surface area contributed by atoms with Crippen LogP contribution in [-0.4, -0.2) is 30.0 Å². The van der Waals surface area contributed by atoms with Crippen molar-refractivity contribution in [2.75, 3.05) is 16.8 Å². The first-order chi connectivity index (χ1) is 13.9. The molecule has 9 heteroatoms. The monoisotopic (exact) mass is 403 g/mol. The third-order valence-electron chi connectivity index (χ3n) is 5.02. The van der Waals surface area contributed by atoms with Gasteiger partial charge in [0.05, 0.1) is 10.6 Å². The molecule has 0 spiro atoms. The highest BCUT2D eigenvalue weighted by Crippen LogP contribution is 2.39. The molecule has 1 aliphatic carbocycles. The number of carbonyl (C=O) groups excluding carboxylic acids is 1. The molecule has 1 amide bonds. The summed E-state index contributed by atoms with van der Waals surface area (Å²) in [5, 5.41) is 14.6. The number of hydrogen-bond donors (Lipinski definition) is 1. The molecule has 0 aromatic heterocycles. The minimum atomic E-state index is -3.02. The summed E-state index contributed by atoms with van der Waals surface area (Å²) in [5.74, 6) is -0.565. The van der Waals surface area contributed by atoms with Crippen molar-refractivity contribution in [1.82, 2.24) is 0 Å². The van der Waals surface area contributed by atoms with Gasteiger partial charge in [-0.25, -0.2) is 0 Å². The average Bonchev–Trinajstić information content (AvgIpc) is 3.51. The standard InChI is InChI=1S/C20H19F2N3O4/c21-20(22)29-17-5-1-3-12-4-2-10-24(18(12)17)19(26)13-6-9-15(23-14-7-8-14)16(11-13)25(27)28/h1,3,5-6,9,11,14,20,23H,2,4,7-8,10H2. The zero-order valence-corrected chi connectivity index (χ0v) is 15.4. The first-order valence-corrected chi connectivity index (χ1v) is 9.37. The predicted molar refractivity (Wildman–Crippen MR) is 103 cm³/mol. The number of rotatable bonds is 6. The number of hydrogen-bond acceptors (Lipinski definition) is 5. The number of alkyl halides is 2. The molecular formula is C20H19F2N3O4. The number of nitrogens with one attached hydrogen (secondary N) is 1. The summed E-state index contributed by atoms with van der Waals surface area (Å²) in [5.41, 5.74) is 1.33. The highest BCUT2D eigenvalue weighted by atomic mass is 19.3. The first kappa shape index (κ1) is 19.1. The topological polar surface area (TPSA) is 84.7 Å².